The van der Waals surface area contributed by atoms with Crippen LogP contribution in [0.1, 0.15) is 76.9 Å². The smallest absolute Gasteiger partial charge is 0.0924 e. The maximum absolute atomic E-state index is 11.4. The fourth-order valence-corrected chi connectivity index (χ4v) is 4.59. The number of hydrogen-bond acceptors (Lipinski definition) is 3. The molecule has 1 atom stereocenters. The Hall–Kier alpha value is -1.36. The van der Waals surface area contributed by atoms with Crippen LogP contribution in [0.4, 0.5) is 0 Å². The Morgan fingerprint density at radius 2 is 1.46 bits per heavy atom. The fourth-order valence-electron chi connectivity index (χ4n) is 4.42. The molecule has 0 amide bonds. The lowest BCUT2D eigenvalue weighted by atomic mass is 9.99. The Kier molecular flexibility index (Phi) is 15.5. The van der Waals surface area contributed by atoms with Crippen molar-refractivity contribution in [2.75, 3.05) is 19.6 Å². The van der Waals surface area contributed by atoms with E-state index in [-0.39, 0.29) is 24.8 Å². The second kappa shape index (κ2) is 17.2. The Balaban J connectivity index is 0.00000306. The third kappa shape index (κ3) is 9.90. The zero-order valence-corrected chi connectivity index (χ0v) is 23.5. The molecule has 0 bridgehead atoms. The predicted octanol–water partition coefficient (Wildman–Crippen LogP) is 8.89. The number of aliphatic hydroxyl groups excluding tert-OH is 1. The van der Waals surface area contributed by atoms with Crippen molar-refractivity contribution in [2.45, 2.75) is 71.3 Å². The Labute approximate surface area is 229 Å². The summed E-state index contributed by atoms with van der Waals surface area (Å²) >= 11 is 6.29. The van der Waals surface area contributed by atoms with Crippen LogP contribution in [0.15, 0.2) is 54.6 Å². The van der Waals surface area contributed by atoms with Gasteiger partial charge in [0.2, 0.25) is 0 Å². The molecule has 194 valence electrons. The first-order valence-electron chi connectivity index (χ1n) is 12.7. The molecule has 0 aliphatic heterocycles. The Morgan fingerprint density at radius 1 is 0.829 bits per heavy atom. The maximum atomic E-state index is 11.4. The van der Waals surface area contributed by atoms with Crippen LogP contribution in [0.2, 0.25) is 5.02 Å². The molecule has 1 N–H and O–H groups in total. The van der Waals surface area contributed by atoms with E-state index in [1.54, 1.807) is 0 Å². The monoisotopic (exact) mass is 538 g/mol. The SMILES string of the molecule is CCCCCCN(CCCCCC)CC(O)c1cc(-c2ccccc2)nc2cc(Cl)ccc12.Cl.Cl. The van der Waals surface area contributed by atoms with Gasteiger partial charge in [0.25, 0.3) is 0 Å². The van der Waals surface area contributed by atoms with Gasteiger partial charge in [-0.15, -0.1) is 24.8 Å². The van der Waals surface area contributed by atoms with Crippen molar-refractivity contribution < 1.29 is 5.11 Å². The van der Waals surface area contributed by atoms with Crippen molar-refractivity contribution in [2.24, 2.45) is 0 Å². The van der Waals surface area contributed by atoms with Crippen LogP contribution in [0.25, 0.3) is 22.2 Å². The third-order valence-electron chi connectivity index (χ3n) is 6.32. The van der Waals surface area contributed by atoms with E-state index in [0.29, 0.717) is 11.6 Å². The van der Waals surface area contributed by atoms with E-state index in [2.05, 4.69) is 36.9 Å². The van der Waals surface area contributed by atoms with E-state index in [1.165, 1.54) is 51.4 Å². The van der Waals surface area contributed by atoms with Crippen molar-refractivity contribution in [3.8, 4) is 11.3 Å². The predicted molar refractivity (Wildman–Crippen MR) is 156 cm³/mol. The molecule has 6 heteroatoms. The molecule has 0 fully saturated rings. The van der Waals surface area contributed by atoms with Crippen LogP contribution in [-0.4, -0.2) is 34.6 Å². The van der Waals surface area contributed by atoms with Crippen molar-refractivity contribution in [3.05, 3.63) is 65.2 Å². The zero-order valence-electron chi connectivity index (χ0n) is 21.1. The molecule has 0 aliphatic rings. The number of nitrogens with zero attached hydrogens (tertiary/aromatic N) is 2. The van der Waals surface area contributed by atoms with E-state index >= 15 is 0 Å². The Morgan fingerprint density at radius 3 is 2.06 bits per heavy atom. The van der Waals surface area contributed by atoms with E-state index < -0.39 is 6.10 Å². The molecule has 35 heavy (non-hydrogen) atoms. The molecule has 0 spiro atoms. The van der Waals surface area contributed by atoms with Crippen molar-refractivity contribution in [1.29, 1.82) is 0 Å². The van der Waals surface area contributed by atoms with Crippen LogP contribution < -0.4 is 0 Å². The van der Waals surface area contributed by atoms with Crippen LogP contribution in [0.3, 0.4) is 0 Å². The lowest BCUT2D eigenvalue weighted by molar-refractivity contribution is 0.111. The molecular weight excluding hydrogens is 499 g/mol. The maximum Gasteiger partial charge on any atom is 0.0924 e. The third-order valence-corrected chi connectivity index (χ3v) is 6.55. The van der Waals surface area contributed by atoms with Gasteiger partial charge in [-0.05, 0) is 49.7 Å². The van der Waals surface area contributed by atoms with Crippen molar-refractivity contribution in [3.63, 3.8) is 0 Å². The van der Waals surface area contributed by atoms with Gasteiger partial charge in [0.05, 0.1) is 17.3 Å². The second-order valence-electron chi connectivity index (χ2n) is 9.06. The first-order chi connectivity index (χ1) is 16.1. The first kappa shape index (κ1) is 31.7. The summed E-state index contributed by atoms with van der Waals surface area (Å²) in [5, 5.41) is 13.1. The molecular formula is C29H41Cl3N2O. The number of unbranched alkanes of at least 4 members (excludes halogenated alkanes) is 6. The number of aromatic nitrogens is 1. The van der Waals surface area contributed by atoms with Gasteiger partial charge in [-0.25, -0.2) is 4.98 Å². The summed E-state index contributed by atoms with van der Waals surface area (Å²) < 4.78 is 0. The molecule has 3 aromatic rings. The van der Waals surface area contributed by atoms with E-state index in [4.69, 9.17) is 16.6 Å². The highest BCUT2D eigenvalue weighted by atomic mass is 35.5. The van der Waals surface area contributed by atoms with Gasteiger partial charge < -0.3 is 10.0 Å². The van der Waals surface area contributed by atoms with E-state index in [1.807, 2.05) is 36.4 Å². The highest BCUT2D eigenvalue weighted by Gasteiger charge is 2.18. The van der Waals surface area contributed by atoms with Gasteiger partial charge in [0, 0.05) is 22.5 Å². The van der Waals surface area contributed by atoms with Crippen molar-refractivity contribution in [1.82, 2.24) is 9.88 Å². The highest BCUT2D eigenvalue weighted by molar-refractivity contribution is 6.31. The summed E-state index contributed by atoms with van der Waals surface area (Å²) in [6, 6.07) is 18.0. The van der Waals surface area contributed by atoms with Gasteiger partial charge in [-0.3, -0.25) is 0 Å². The molecule has 0 saturated carbocycles. The number of halogens is 3. The average molecular weight is 540 g/mol. The molecule has 1 heterocycles. The normalized spacial score (nSPS) is 11.8. The summed E-state index contributed by atoms with van der Waals surface area (Å²) in [5.41, 5.74) is 3.68. The van der Waals surface area contributed by atoms with Gasteiger partial charge in [-0.1, -0.05) is 100 Å². The molecule has 2 aromatic carbocycles. The van der Waals surface area contributed by atoms with Gasteiger partial charge in [0.15, 0.2) is 0 Å². The first-order valence-corrected chi connectivity index (χ1v) is 13.1. The zero-order chi connectivity index (χ0) is 23.5. The van der Waals surface area contributed by atoms with Crippen molar-refractivity contribution >= 4 is 47.3 Å². The quantitative estimate of drug-likeness (QED) is 0.208. The van der Waals surface area contributed by atoms with Gasteiger partial charge in [0.1, 0.15) is 0 Å². The summed E-state index contributed by atoms with van der Waals surface area (Å²) in [7, 11) is 0. The summed E-state index contributed by atoms with van der Waals surface area (Å²) in [4.78, 5) is 7.32. The molecule has 0 aliphatic carbocycles. The number of benzene rings is 2. The highest BCUT2D eigenvalue weighted by Crippen LogP contribution is 2.31. The summed E-state index contributed by atoms with van der Waals surface area (Å²) in [6.07, 6.45) is 9.37. The largest absolute Gasteiger partial charge is 0.387 e. The van der Waals surface area contributed by atoms with E-state index in [9.17, 15) is 5.11 Å². The lowest BCUT2D eigenvalue weighted by Gasteiger charge is -2.26. The molecule has 1 unspecified atom stereocenters. The molecule has 0 saturated heterocycles. The Bertz CT molecular complexity index is 972. The second-order valence-corrected chi connectivity index (χ2v) is 9.50. The van der Waals surface area contributed by atoms with Crippen LogP contribution in [-0.2, 0) is 0 Å². The van der Waals surface area contributed by atoms with Crippen LogP contribution in [0, 0.1) is 0 Å². The minimum absolute atomic E-state index is 0. The summed E-state index contributed by atoms with van der Waals surface area (Å²) in [5.74, 6) is 0. The molecule has 3 rings (SSSR count). The molecule has 1 aromatic heterocycles. The van der Waals surface area contributed by atoms with E-state index in [0.717, 1.165) is 40.8 Å². The topological polar surface area (TPSA) is 36.4 Å². The number of pyridine rings is 1. The fraction of sp³-hybridized carbons (Fsp3) is 0.483. The number of aliphatic hydroxyl groups is 1. The lowest BCUT2D eigenvalue weighted by Crippen LogP contribution is -2.31. The number of hydrogen-bond donors (Lipinski definition) is 1. The summed E-state index contributed by atoms with van der Waals surface area (Å²) in [6.45, 7) is 7.23. The minimum Gasteiger partial charge on any atom is -0.387 e. The molecule has 3 nitrogen and oxygen atoms in total. The minimum atomic E-state index is -0.573. The van der Waals surface area contributed by atoms with Crippen LogP contribution >= 0.6 is 36.4 Å². The number of rotatable bonds is 14. The van der Waals surface area contributed by atoms with Gasteiger partial charge >= 0.3 is 0 Å². The molecule has 0 radical (unpaired) electrons. The van der Waals surface area contributed by atoms with Gasteiger partial charge in [-0.2, -0.15) is 0 Å². The number of fused-ring (bicyclic) bond motifs is 1. The standard InChI is InChI=1S/C29H39ClN2O.2ClH/c1-3-5-7-12-18-32(19-13-8-6-4-2)22-29(33)26-21-27(23-14-10-9-11-15-23)31-28-20-24(30)16-17-25(26)28;;/h9-11,14-17,20-21,29,33H,3-8,12-13,18-19,22H2,1-2H3;2*1H. The average Bonchev–Trinajstić information content (AvgIpc) is 2.83. The van der Waals surface area contributed by atoms with Crippen LogP contribution in [0.5, 0.6) is 0 Å².